The first-order valence-corrected chi connectivity index (χ1v) is 30.3. The molecule has 0 aliphatic heterocycles. The van der Waals surface area contributed by atoms with Crippen LogP contribution in [-0.4, -0.2) is 6.04 Å². The molecule has 0 saturated carbocycles. The Morgan fingerprint density at radius 2 is 1.01 bits per heavy atom. The van der Waals surface area contributed by atoms with E-state index in [1.165, 1.54) is 106 Å². The van der Waals surface area contributed by atoms with Crippen molar-refractivity contribution < 1.29 is 0 Å². The molecule has 0 bridgehead atoms. The molecule has 0 spiro atoms. The van der Waals surface area contributed by atoms with E-state index >= 15 is 0 Å². The minimum Gasteiger partial charge on any atom is -0.337 e. The van der Waals surface area contributed by atoms with Gasteiger partial charge in [0.15, 0.2) is 0 Å². The van der Waals surface area contributed by atoms with Crippen molar-refractivity contribution in [2.24, 2.45) is 5.92 Å². The average Bonchev–Trinajstić information content (AvgIpc) is 4.07. The van der Waals surface area contributed by atoms with Crippen molar-refractivity contribution in [2.75, 3.05) is 14.7 Å². The molecule has 0 radical (unpaired) electrons. The lowest BCUT2D eigenvalue weighted by atomic mass is 9.93. The van der Waals surface area contributed by atoms with Crippen LogP contribution in [0.3, 0.4) is 0 Å². The van der Waals surface area contributed by atoms with Crippen molar-refractivity contribution in [3.05, 3.63) is 335 Å². The van der Waals surface area contributed by atoms with Gasteiger partial charge in [-0.1, -0.05) is 217 Å². The summed E-state index contributed by atoms with van der Waals surface area (Å²) in [6, 6.07) is 73.0. The van der Waals surface area contributed by atoms with Crippen LogP contribution in [-0.2, 0) is 6.54 Å². The molecule has 3 heteroatoms. The maximum absolute atomic E-state index is 3.48. The van der Waals surface area contributed by atoms with Crippen LogP contribution in [0.5, 0.6) is 0 Å². The molecule has 0 heterocycles. The molecule has 420 valence electrons. The number of nitrogens with zero attached hydrogens (tertiary/aromatic N) is 3. The predicted molar refractivity (Wildman–Crippen MR) is 365 cm³/mol. The summed E-state index contributed by atoms with van der Waals surface area (Å²) in [5, 5.41) is 0. The zero-order valence-corrected chi connectivity index (χ0v) is 50.0. The molecule has 0 amide bonds. The van der Waals surface area contributed by atoms with Crippen LogP contribution in [0.1, 0.15) is 84.4 Å². The van der Waals surface area contributed by atoms with Crippen molar-refractivity contribution in [2.45, 2.75) is 85.7 Å². The standard InChI is InChI=1S/C46H42N2.C36H35N/c1-34-15-17-38(18-16-34)39-19-25-42(26-20-39)47(33-37-11-5-4-6-12-37)43-27-21-40(22-28-43)41-23-29-44(30-24-41)48(45-13-7-9-35(2)31-45)46-14-8-10-36(3)32-46;1-28-10-7-8-14-35(26-28)37(36-15-9-11-29(2)27-36)34-24-22-33(23-25-34)32-20-18-31(19-21-32)17-16-30-12-5-3-4-6-13-30/h4-29,31-32,44H,30,33H2,1-3H3;3,5,7-9,11,13-15,18,20-27,31H,4,6,10,12,19H2,1-2H3. The Labute approximate surface area is 506 Å². The van der Waals surface area contributed by atoms with Crippen LogP contribution in [0, 0.1) is 45.5 Å². The van der Waals surface area contributed by atoms with E-state index in [1.54, 1.807) is 0 Å². The Balaban J connectivity index is 0.000000183. The Bertz CT molecular complexity index is 3910. The first-order valence-electron chi connectivity index (χ1n) is 30.3. The highest BCUT2D eigenvalue weighted by Gasteiger charge is 2.22. The molecule has 4 aliphatic carbocycles. The normalized spacial score (nSPS) is 16.1. The Morgan fingerprint density at radius 3 is 1.60 bits per heavy atom. The van der Waals surface area contributed by atoms with E-state index in [1.807, 2.05) is 0 Å². The zero-order valence-electron chi connectivity index (χ0n) is 50.0. The third kappa shape index (κ3) is 15.0. The zero-order chi connectivity index (χ0) is 58.3. The lowest BCUT2D eigenvalue weighted by Crippen LogP contribution is -2.30. The summed E-state index contributed by atoms with van der Waals surface area (Å²) >= 11 is 0. The molecule has 2 unspecified atom stereocenters. The van der Waals surface area contributed by atoms with Crippen molar-refractivity contribution >= 4 is 45.3 Å². The van der Waals surface area contributed by atoms with Gasteiger partial charge in [-0.2, -0.15) is 0 Å². The number of benzene rings is 8. The maximum Gasteiger partial charge on any atom is 0.0560 e. The van der Waals surface area contributed by atoms with Gasteiger partial charge < -0.3 is 14.7 Å². The highest BCUT2D eigenvalue weighted by Crippen LogP contribution is 2.38. The van der Waals surface area contributed by atoms with Crippen LogP contribution < -0.4 is 14.7 Å². The molecule has 12 rings (SSSR count). The average molecular weight is 1100 g/mol. The van der Waals surface area contributed by atoms with E-state index in [0.29, 0.717) is 5.92 Å². The van der Waals surface area contributed by atoms with Crippen LogP contribution in [0.4, 0.5) is 34.1 Å². The number of anilines is 6. The lowest BCUT2D eigenvalue weighted by Gasteiger charge is -2.33. The topological polar surface area (TPSA) is 9.72 Å². The van der Waals surface area contributed by atoms with Crippen molar-refractivity contribution in [3.8, 4) is 23.0 Å². The molecule has 8 aromatic carbocycles. The first-order chi connectivity index (χ1) is 41.6. The second-order valence-corrected chi connectivity index (χ2v) is 22.9. The van der Waals surface area contributed by atoms with E-state index in [0.717, 1.165) is 50.8 Å². The number of aryl methyl sites for hydroxylation is 4. The fraction of sp³-hybridized carbons (Fsp3) is 0.171. The monoisotopic (exact) mass is 1100 g/mol. The quantitative estimate of drug-likeness (QED) is 0.0841. The van der Waals surface area contributed by atoms with Gasteiger partial charge in [-0.15, -0.1) is 0 Å². The molecular weight excluding hydrogens is 1030 g/mol. The largest absolute Gasteiger partial charge is 0.337 e. The minimum absolute atomic E-state index is 0.237. The molecule has 0 saturated heterocycles. The summed E-state index contributed by atoms with van der Waals surface area (Å²) in [6.45, 7) is 11.6. The lowest BCUT2D eigenvalue weighted by molar-refractivity contribution is 0.786. The predicted octanol–water partition coefficient (Wildman–Crippen LogP) is 21.7. The van der Waals surface area contributed by atoms with Crippen LogP contribution in [0.25, 0.3) is 22.3 Å². The Morgan fingerprint density at radius 1 is 0.447 bits per heavy atom. The number of allylic oxidation sites excluding steroid dienone is 15. The smallest absolute Gasteiger partial charge is 0.0560 e. The van der Waals surface area contributed by atoms with Gasteiger partial charge in [0, 0.05) is 57.9 Å². The van der Waals surface area contributed by atoms with E-state index in [2.05, 4.69) is 340 Å². The molecule has 2 atom stereocenters. The van der Waals surface area contributed by atoms with Gasteiger partial charge in [-0.25, -0.2) is 0 Å². The second kappa shape index (κ2) is 27.6. The third-order valence-corrected chi connectivity index (χ3v) is 16.2. The van der Waals surface area contributed by atoms with E-state index in [9.17, 15) is 0 Å². The van der Waals surface area contributed by atoms with Gasteiger partial charge in [-0.3, -0.25) is 0 Å². The number of hydrogen-bond donors (Lipinski definition) is 0. The van der Waals surface area contributed by atoms with Gasteiger partial charge in [0.1, 0.15) is 0 Å². The van der Waals surface area contributed by atoms with Crippen molar-refractivity contribution in [3.63, 3.8) is 0 Å². The van der Waals surface area contributed by atoms with Gasteiger partial charge in [0.05, 0.1) is 6.04 Å². The second-order valence-electron chi connectivity index (χ2n) is 22.9. The maximum atomic E-state index is 3.48. The molecule has 0 fully saturated rings. The van der Waals surface area contributed by atoms with E-state index in [-0.39, 0.29) is 6.04 Å². The Kier molecular flexibility index (Phi) is 18.6. The van der Waals surface area contributed by atoms with Crippen LogP contribution in [0.2, 0.25) is 0 Å². The van der Waals surface area contributed by atoms with Gasteiger partial charge in [-0.05, 0) is 214 Å². The molecular formula is C82H77N3. The molecule has 3 nitrogen and oxygen atoms in total. The molecule has 4 aliphatic rings. The fourth-order valence-electron chi connectivity index (χ4n) is 11.5. The van der Waals surface area contributed by atoms with Crippen molar-refractivity contribution in [1.82, 2.24) is 0 Å². The molecule has 8 aromatic rings. The fourth-order valence-corrected chi connectivity index (χ4v) is 11.5. The van der Waals surface area contributed by atoms with E-state index < -0.39 is 0 Å². The van der Waals surface area contributed by atoms with E-state index in [4.69, 9.17) is 0 Å². The van der Waals surface area contributed by atoms with Crippen molar-refractivity contribution in [1.29, 1.82) is 0 Å². The Hall–Kier alpha value is -9.62. The summed E-state index contributed by atoms with van der Waals surface area (Å²) in [5.41, 5.74) is 24.8. The van der Waals surface area contributed by atoms with Crippen LogP contribution in [0.15, 0.2) is 296 Å². The van der Waals surface area contributed by atoms with Gasteiger partial charge >= 0.3 is 0 Å². The van der Waals surface area contributed by atoms with Gasteiger partial charge in [0.25, 0.3) is 0 Å². The summed E-state index contributed by atoms with van der Waals surface area (Å²) in [7, 11) is 0. The summed E-state index contributed by atoms with van der Waals surface area (Å²) in [4.78, 5) is 7.23. The summed E-state index contributed by atoms with van der Waals surface area (Å²) in [5.74, 6) is 7.19. The minimum atomic E-state index is 0.237. The highest BCUT2D eigenvalue weighted by molar-refractivity contribution is 5.80. The molecule has 0 N–H and O–H groups in total. The van der Waals surface area contributed by atoms with Crippen LogP contribution >= 0.6 is 0 Å². The first kappa shape index (κ1) is 57.2. The SMILES string of the molecule is CC1=CC(N(c2ccc(C3=CCC(C#CC4=CCCC=CC4)C=C3)cc2)c2cccc(C)c2)=CC=CC1.Cc1ccc(-c2ccc(N(Cc3ccccc3)c3ccc(C4=CCC(N(c5cccc(C)c5)c5cccc(C)c5)C=C4)cc3)cc2)cc1. The molecule has 0 aromatic heterocycles. The van der Waals surface area contributed by atoms with Gasteiger partial charge in [0.2, 0.25) is 0 Å². The third-order valence-electron chi connectivity index (χ3n) is 16.2. The number of hydrogen-bond acceptors (Lipinski definition) is 3. The summed E-state index contributed by atoms with van der Waals surface area (Å²) in [6.07, 6.45) is 35.7. The summed E-state index contributed by atoms with van der Waals surface area (Å²) < 4.78 is 0. The highest BCUT2D eigenvalue weighted by atomic mass is 15.2. The molecule has 85 heavy (non-hydrogen) atoms. The number of rotatable bonds is 13.